The molecule has 0 aromatic heterocycles. The average molecular weight is 228 g/mol. The summed E-state index contributed by atoms with van der Waals surface area (Å²) >= 11 is 0. The molecule has 2 rings (SSSR count). The normalized spacial score (nSPS) is 37.5. The van der Waals surface area contributed by atoms with E-state index in [9.17, 15) is 13.2 Å². The fourth-order valence-corrected chi connectivity index (χ4v) is 5.24. The Labute approximate surface area is 90.5 Å². The Morgan fingerprint density at radius 2 is 1.67 bits per heavy atom. The van der Waals surface area contributed by atoms with E-state index in [1.165, 1.54) is 0 Å². The number of hydrogen-bond acceptors (Lipinski definition) is 3. The van der Waals surface area contributed by atoms with E-state index in [1.54, 1.807) is 6.92 Å². The van der Waals surface area contributed by atoms with Crippen LogP contribution in [0.15, 0.2) is 12.2 Å². The largest absolute Gasteiger partial charge is 0.294 e. The molecule has 0 saturated carbocycles. The SMILES string of the molecule is C=C(C)C(=O)C1CC2CCC(C1)S2(=O)=O. The van der Waals surface area contributed by atoms with Gasteiger partial charge >= 0.3 is 0 Å². The van der Waals surface area contributed by atoms with Gasteiger partial charge in [0.1, 0.15) is 0 Å². The summed E-state index contributed by atoms with van der Waals surface area (Å²) in [6, 6.07) is 0. The van der Waals surface area contributed by atoms with Crippen LogP contribution in [0.1, 0.15) is 32.6 Å². The Balaban J connectivity index is 2.20. The van der Waals surface area contributed by atoms with Crippen molar-refractivity contribution in [2.45, 2.75) is 43.1 Å². The topological polar surface area (TPSA) is 51.2 Å². The minimum absolute atomic E-state index is 0.0572. The van der Waals surface area contributed by atoms with E-state index < -0.39 is 9.84 Å². The van der Waals surface area contributed by atoms with Crippen LogP contribution in [-0.4, -0.2) is 24.7 Å². The van der Waals surface area contributed by atoms with Gasteiger partial charge in [0.05, 0.1) is 10.5 Å². The molecule has 0 spiro atoms. The maximum Gasteiger partial charge on any atom is 0.161 e. The van der Waals surface area contributed by atoms with Crippen LogP contribution in [0, 0.1) is 5.92 Å². The number of fused-ring (bicyclic) bond motifs is 2. The number of carbonyl (C=O) groups is 1. The second kappa shape index (κ2) is 3.44. The van der Waals surface area contributed by atoms with Gasteiger partial charge < -0.3 is 0 Å². The first-order valence-corrected chi connectivity index (χ1v) is 6.96. The first kappa shape index (κ1) is 10.9. The summed E-state index contributed by atoms with van der Waals surface area (Å²) in [4.78, 5) is 11.7. The highest BCUT2D eigenvalue weighted by Crippen LogP contribution is 2.41. The summed E-state index contributed by atoms with van der Waals surface area (Å²) in [5.41, 5.74) is 0.554. The summed E-state index contributed by atoms with van der Waals surface area (Å²) < 4.78 is 23.6. The quantitative estimate of drug-likeness (QED) is 0.673. The maximum absolute atomic E-state index is 11.8. The summed E-state index contributed by atoms with van der Waals surface area (Å²) in [6.45, 7) is 5.34. The van der Waals surface area contributed by atoms with Crippen LogP contribution >= 0.6 is 0 Å². The van der Waals surface area contributed by atoms with Crippen LogP contribution in [0.5, 0.6) is 0 Å². The van der Waals surface area contributed by atoms with Crippen LogP contribution in [0.25, 0.3) is 0 Å². The molecular weight excluding hydrogens is 212 g/mol. The van der Waals surface area contributed by atoms with Crippen LogP contribution in [0.3, 0.4) is 0 Å². The van der Waals surface area contributed by atoms with Gasteiger partial charge in [-0.25, -0.2) is 8.42 Å². The van der Waals surface area contributed by atoms with Crippen LogP contribution in [0.2, 0.25) is 0 Å². The Kier molecular flexibility index (Phi) is 2.49. The van der Waals surface area contributed by atoms with Crippen molar-refractivity contribution in [2.24, 2.45) is 5.92 Å². The molecule has 2 atom stereocenters. The highest BCUT2D eigenvalue weighted by Gasteiger charge is 2.48. The number of allylic oxidation sites excluding steroid dienone is 1. The van der Waals surface area contributed by atoms with Gasteiger partial charge in [0.2, 0.25) is 0 Å². The van der Waals surface area contributed by atoms with Gasteiger partial charge in [0.25, 0.3) is 0 Å². The lowest BCUT2D eigenvalue weighted by molar-refractivity contribution is -0.119. The van der Waals surface area contributed by atoms with E-state index in [2.05, 4.69) is 6.58 Å². The summed E-state index contributed by atoms with van der Waals surface area (Å²) in [5.74, 6) is -0.0367. The van der Waals surface area contributed by atoms with Gasteiger partial charge in [-0.05, 0) is 38.2 Å². The first-order valence-electron chi connectivity index (χ1n) is 5.35. The molecule has 0 aliphatic carbocycles. The molecule has 0 aromatic rings. The monoisotopic (exact) mass is 228 g/mol. The number of hydrogen-bond donors (Lipinski definition) is 0. The van der Waals surface area contributed by atoms with Gasteiger partial charge in [-0.3, -0.25) is 4.79 Å². The van der Waals surface area contributed by atoms with E-state index in [0.717, 1.165) is 12.8 Å². The molecule has 0 amide bonds. The number of Topliss-reactive ketones (excluding diaryl/α,β-unsaturated/α-hetero) is 1. The molecule has 0 radical (unpaired) electrons. The van der Waals surface area contributed by atoms with Crippen molar-refractivity contribution in [1.29, 1.82) is 0 Å². The zero-order chi connectivity index (χ0) is 11.2. The van der Waals surface area contributed by atoms with E-state index >= 15 is 0 Å². The molecule has 15 heavy (non-hydrogen) atoms. The van der Waals surface area contributed by atoms with Gasteiger partial charge in [-0.1, -0.05) is 6.58 Å². The third-order valence-electron chi connectivity index (χ3n) is 3.63. The standard InChI is InChI=1S/C11H16O3S/c1-7(2)11(12)8-5-9-3-4-10(6-8)15(9,13)14/h8-10H,1,3-6H2,2H3. The molecular formula is C11H16O3S. The number of rotatable bonds is 2. The van der Waals surface area contributed by atoms with Crippen molar-refractivity contribution >= 4 is 15.6 Å². The van der Waals surface area contributed by atoms with Crippen molar-refractivity contribution in [3.05, 3.63) is 12.2 Å². The van der Waals surface area contributed by atoms with E-state index in [1.807, 2.05) is 0 Å². The minimum Gasteiger partial charge on any atom is -0.294 e. The molecule has 2 aliphatic heterocycles. The highest BCUT2D eigenvalue weighted by atomic mass is 32.2. The number of carbonyl (C=O) groups excluding carboxylic acids is 1. The Morgan fingerprint density at radius 3 is 2.07 bits per heavy atom. The third-order valence-corrected chi connectivity index (χ3v) is 6.34. The lowest BCUT2D eigenvalue weighted by Gasteiger charge is -2.26. The Hall–Kier alpha value is -0.640. The third kappa shape index (κ3) is 1.65. The minimum atomic E-state index is -2.90. The molecule has 2 heterocycles. The average Bonchev–Trinajstić information content (AvgIpc) is 2.41. The fraction of sp³-hybridized carbons (Fsp3) is 0.727. The second-order valence-corrected chi connectivity index (χ2v) is 7.23. The van der Waals surface area contributed by atoms with Crippen LogP contribution in [-0.2, 0) is 14.6 Å². The Bertz CT molecular complexity index is 388. The van der Waals surface area contributed by atoms with Crippen molar-refractivity contribution < 1.29 is 13.2 Å². The van der Waals surface area contributed by atoms with Crippen molar-refractivity contribution in [3.8, 4) is 0 Å². The number of sulfone groups is 1. The molecule has 4 heteroatoms. The Morgan fingerprint density at radius 1 is 1.20 bits per heavy atom. The second-order valence-electron chi connectivity index (χ2n) is 4.72. The molecule has 0 N–H and O–H groups in total. The molecule has 84 valence electrons. The zero-order valence-corrected chi connectivity index (χ0v) is 9.72. The lowest BCUT2D eigenvalue weighted by atomic mass is 9.91. The van der Waals surface area contributed by atoms with Gasteiger partial charge in [-0.15, -0.1) is 0 Å². The van der Waals surface area contributed by atoms with E-state index in [4.69, 9.17) is 0 Å². The molecule has 2 bridgehead atoms. The molecule has 2 saturated heterocycles. The molecule has 2 unspecified atom stereocenters. The predicted molar refractivity (Wildman–Crippen MR) is 58.3 cm³/mol. The zero-order valence-electron chi connectivity index (χ0n) is 8.90. The highest BCUT2D eigenvalue weighted by molar-refractivity contribution is 7.93. The van der Waals surface area contributed by atoms with Crippen molar-refractivity contribution in [3.63, 3.8) is 0 Å². The molecule has 3 nitrogen and oxygen atoms in total. The van der Waals surface area contributed by atoms with Crippen molar-refractivity contribution in [1.82, 2.24) is 0 Å². The van der Waals surface area contributed by atoms with Gasteiger partial charge in [-0.2, -0.15) is 0 Å². The maximum atomic E-state index is 11.8. The van der Waals surface area contributed by atoms with Gasteiger partial charge in [0.15, 0.2) is 15.6 Å². The smallest absolute Gasteiger partial charge is 0.161 e. The summed E-state index contributed by atoms with van der Waals surface area (Å²) in [5, 5.41) is -0.519. The van der Waals surface area contributed by atoms with Crippen LogP contribution in [0.4, 0.5) is 0 Å². The summed E-state index contributed by atoms with van der Waals surface area (Å²) in [7, 11) is -2.90. The van der Waals surface area contributed by atoms with E-state index in [0.29, 0.717) is 18.4 Å². The lowest BCUT2D eigenvalue weighted by Crippen LogP contribution is -2.36. The van der Waals surface area contributed by atoms with E-state index in [-0.39, 0.29) is 22.2 Å². The van der Waals surface area contributed by atoms with Gasteiger partial charge in [0, 0.05) is 5.92 Å². The first-order chi connectivity index (χ1) is 6.93. The predicted octanol–water partition coefficient (Wildman–Crippen LogP) is 1.49. The van der Waals surface area contributed by atoms with Crippen LogP contribution < -0.4 is 0 Å². The number of ketones is 1. The van der Waals surface area contributed by atoms with Crippen molar-refractivity contribution in [2.75, 3.05) is 0 Å². The molecule has 2 fully saturated rings. The summed E-state index contributed by atoms with van der Waals surface area (Å²) in [6.07, 6.45) is 2.52. The molecule has 2 aliphatic rings. The fourth-order valence-electron chi connectivity index (χ4n) is 2.77. The molecule has 0 aromatic carbocycles.